The van der Waals surface area contributed by atoms with E-state index < -0.39 is 0 Å². The summed E-state index contributed by atoms with van der Waals surface area (Å²) in [6, 6.07) is 1.82. The third-order valence-corrected chi connectivity index (χ3v) is 3.88. The van der Waals surface area contributed by atoms with Crippen molar-refractivity contribution in [3.63, 3.8) is 0 Å². The molecule has 6 heteroatoms. The molecule has 0 aliphatic heterocycles. The van der Waals surface area contributed by atoms with Crippen LogP contribution in [0.3, 0.4) is 0 Å². The molecule has 4 nitrogen and oxygen atoms in total. The summed E-state index contributed by atoms with van der Waals surface area (Å²) >= 11 is 4.67. The number of carbonyl (C=O) groups is 2. The van der Waals surface area contributed by atoms with Crippen molar-refractivity contribution in [1.82, 2.24) is 10.2 Å². The van der Waals surface area contributed by atoms with Crippen molar-refractivity contribution in [2.75, 3.05) is 13.6 Å². The topological polar surface area (TPSA) is 49.4 Å². The first-order valence-electron chi connectivity index (χ1n) is 5.50. The summed E-state index contributed by atoms with van der Waals surface area (Å²) in [6.07, 6.45) is 0. The van der Waals surface area contributed by atoms with E-state index in [0.717, 1.165) is 4.47 Å². The maximum Gasteiger partial charge on any atom is 0.265 e. The highest BCUT2D eigenvalue weighted by atomic mass is 79.9. The van der Waals surface area contributed by atoms with Gasteiger partial charge in [-0.15, -0.1) is 11.3 Å². The average Bonchev–Trinajstić information content (AvgIpc) is 2.60. The van der Waals surface area contributed by atoms with E-state index in [4.69, 9.17) is 0 Å². The second-order valence-electron chi connectivity index (χ2n) is 5.06. The van der Waals surface area contributed by atoms with Gasteiger partial charge in [0.1, 0.15) is 4.88 Å². The molecule has 1 heterocycles. The molecular weight excluding hydrogens is 316 g/mol. The fourth-order valence-electron chi connectivity index (χ4n) is 1.36. The predicted octanol–water partition coefficient (Wildman–Crippen LogP) is 2.50. The maximum absolute atomic E-state index is 12.1. The zero-order valence-electron chi connectivity index (χ0n) is 10.9. The highest BCUT2D eigenvalue weighted by molar-refractivity contribution is 9.10. The lowest BCUT2D eigenvalue weighted by atomic mass is 10.1. The molecule has 1 rings (SSSR count). The van der Waals surface area contributed by atoms with Crippen LogP contribution in [0, 0.1) is 0 Å². The lowest BCUT2D eigenvalue weighted by molar-refractivity contribution is -0.122. The fourth-order valence-corrected chi connectivity index (χ4v) is 2.90. The summed E-state index contributed by atoms with van der Waals surface area (Å²) in [7, 11) is 1.62. The molecule has 1 N–H and O–H groups in total. The SMILES string of the molecule is CN(CC(=O)NC(C)(C)C)C(=O)c1sccc1Br. The molecule has 1 aromatic rings. The number of hydrogen-bond donors (Lipinski definition) is 1. The van der Waals surface area contributed by atoms with Crippen LogP contribution in [0.4, 0.5) is 0 Å². The van der Waals surface area contributed by atoms with Crippen LogP contribution in [0.5, 0.6) is 0 Å². The predicted molar refractivity (Wildman–Crippen MR) is 76.9 cm³/mol. The number of halogens is 1. The van der Waals surface area contributed by atoms with Gasteiger partial charge >= 0.3 is 0 Å². The van der Waals surface area contributed by atoms with E-state index in [1.807, 2.05) is 32.2 Å². The lowest BCUT2D eigenvalue weighted by Gasteiger charge is -2.23. The average molecular weight is 333 g/mol. The maximum atomic E-state index is 12.1. The molecule has 0 unspecified atom stereocenters. The van der Waals surface area contributed by atoms with Crippen LogP contribution < -0.4 is 5.32 Å². The van der Waals surface area contributed by atoms with E-state index >= 15 is 0 Å². The smallest absolute Gasteiger partial charge is 0.265 e. The van der Waals surface area contributed by atoms with Gasteiger partial charge in [-0.3, -0.25) is 9.59 Å². The zero-order valence-corrected chi connectivity index (χ0v) is 13.3. The Bertz CT molecular complexity index is 451. The summed E-state index contributed by atoms with van der Waals surface area (Å²) in [6.45, 7) is 5.77. The Morgan fingerprint density at radius 1 is 1.44 bits per heavy atom. The summed E-state index contributed by atoms with van der Waals surface area (Å²) < 4.78 is 0.764. The molecule has 0 spiro atoms. The number of thiophene rings is 1. The van der Waals surface area contributed by atoms with E-state index in [0.29, 0.717) is 4.88 Å². The van der Waals surface area contributed by atoms with Crippen molar-refractivity contribution in [1.29, 1.82) is 0 Å². The molecule has 0 fully saturated rings. The van der Waals surface area contributed by atoms with Crippen molar-refractivity contribution in [2.45, 2.75) is 26.3 Å². The van der Waals surface area contributed by atoms with E-state index in [1.165, 1.54) is 16.2 Å². The van der Waals surface area contributed by atoms with E-state index in [2.05, 4.69) is 21.2 Å². The minimum absolute atomic E-state index is 0.0560. The van der Waals surface area contributed by atoms with Crippen molar-refractivity contribution < 1.29 is 9.59 Å². The highest BCUT2D eigenvalue weighted by Crippen LogP contribution is 2.23. The van der Waals surface area contributed by atoms with E-state index in [1.54, 1.807) is 7.05 Å². The molecule has 18 heavy (non-hydrogen) atoms. The van der Waals surface area contributed by atoms with Crippen LogP contribution in [0.2, 0.25) is 0 Å². The van der Waals surface area contributed by atoms with Gasteiger partial charge in [-0.05, 0) is 48.1 Å². The Morgan fingerprint density at radius 3 is 2.50 bits per heavy atom. The number of carbonyl (C=O) groups excluding carboxylic acids is 2. The number of rotatable bonds is 3. The van der Waals surface area contributed by atoms with Gasteiger partial charge in [-0.1, -0.05) is 0 Å². The van der Waals surface area contributed by atoms with Gasteiger partial charge in [0, 0.05) is 17.1 Å². The molecule has 0 aromatic carbocycles. The molecule has 0 radical (unpaired) electrons. The molecule has 0 atom stereocenters. The van der Waals surface area contributed by atoms with Gasteiger partial charge in [0.15, 0.2) is 0 Å². The monoisotopic (exact) mass is 332 g/mol. The van der Waals surface area contributed by atoms with Gasteiger partial charge in [0.2, 0.25) is 5.91 Å². The Morgan fingerprint density at radius 2 is 2.06 bits per heavy atom. The molecule has 0 saturated heterocycles. The van der Waals surface area contributed by atoms with Crippen LogP contribution in [-0.4, -0.2) is 35.8 Å². The summed E-state index contributed by atoms with van der Waals surface area (Å²) in [5, 5.41) is 4.66. The van der Waals surface area contributed by atoms with Gasteiger partial charge < -0.3 is 10.2 Å². The second kappa shape index (κ2) is 5.84. The molecule has 1 aromatic heterocycles. The van der Waals surface area contributed by atoms with Crippen molar-refractivity contribution in [3.05, 3.63) is 20.8 Å². The summed E-state index contributed by atoms with van der Waals surface area (Å²) in [5.41, 5.74) is -0.287. The minimum atomic E-state index is -0.287. The van der Waals surface area contributed by atoms with Crippen molar-refractivity contribution in [3.8, 4) is 0 Å². The first-order valence-corrected chi connectivity index (χ1v) is 7.17. The van der Waals surface area contributed by atoms with Gasteiger partial charge in [0.25, 0.3) is 5.91 Å². The normalized spacial score (nSPS) is 11.2. The summed E-state index contributed by atoms with van der Waals surface area (Å²) in [4.78, 5) is 25.8. The first kappa shape index (κ1) is 15.2. The zero-order chi connectivity index (χ0) is 13.9. The van der Waals surface area contributed by atoms with Crippen LogP contribution in [0.25, 0.3) is 0 Å². The lowest BCUT2D eigenvalue weighted by Crippen LogP contribution is -2.46. The third kappa shape index (κ3) is 4.42. The molecule has 0 aliphatic rings. The van der Waals surface area contributed by atoms with Crippen LogP contribution in [0.15, 0.2) is 15.9 Å². The Hall–Kier alpha value is -0.880. The first-order chi connectivity index (χ1) is 8.20. The molecular formula is C12H17BrN2O2S. The standard InChI is InChI=1S/C12H17BrN2O2S/c1-12(2,3)14-9(16)7-15(4)11(17)10-8(13)5-6-18-10/h5-6H,7H2,1-4H3,(H,14,16). The molecule has 0 saturated carbocycles. The van der Waals surface area contributed by atoms with Crippen LogP contribution in [0.1, 0.15) is 30.4 Å². The van der Waals surface area contributed by atoms with Crippen LogP contribution >= 0.6 is 27.3 Å². The third-order valence-electron chi connectivity index (χ3n) is 2.05. The Labute approximate surface area is 119 Å². The number of amides is 2. The van der Waals surface area contributed by atoms with Gasteiger partial charge in [-0.25, -0.2) is 0 Å². The van der Waals surface area contributed by atoms with E-state index in [9.17, 15) is 9.59 Å². The number of nitrogens with zero attached hydrogens (tertiary/aromatic N) is 1. The quantitative estimate of drug-likeness (QED) is 0.924. The number of likely N-dealkylation sites (N-methyl/N-ethyl adjacent to an activating group) is 1. The van der Waals surface area contributed by atoms with Gasteiger partial charge in [0.05, 0.1) is 6.54 Å². The summed E-state index contributed by atoms with van der Waals surface area (Å²) in [5.74, 6) is -0.313. The fraction of sp³-hybridized carbons (Fsp3) is 0.500. The molecule has 0 bridgehead atoms. The Balaban J connectivity index is 2.61. The molecule has 100 valence electrons. The van der Waals surface area contributed by atoms with E-state index in [-0.39, 0.29) is 23.9 Å². The molecule has 0 aliphatic carbocycles. The van der Waals surface area contributed by atoms with Crippen molar-refractivity contribution in [2.24, 2.45) is 0 Å². The minimum Gasteiger partial charge on any atom is -0.350 e. The van der Waals surface area contributed by atoms with Crippen LogP contribution in [-0.2, 0) is 4.79 Å². The second-order valence-corrected chi connectivity index (χ2v) is 6.83. The number of nitrogens with one attached hydrogen (secondary N) is 1. The van der Waals surface area contributed by atoms with Gasteiger partial charge in [-0.2, -0.15) is 0 Å². The Kier molecular flexibility index (Phi) is 4.92. The number of hydrogen-bond acceptors (Lipinski definition) is 3. The highest BCUT2D eigenvalue weighted by Gasteiger charge is 2.20. The largest absolute Gasteiger partial charge is 0.350 e. The van der Waals surface area contributed by atoms with Crippen molar-refractivity contribution >= 4 is 39.1 Å². The molecule has 2 amide bonds.